The Bertz CT molecular complexity index is 521. The lowest BCUT2D eigenvalue weighted by molar-refractivity contribution is 0.186. The van der Waals surface area contributed by atoms with Crippen molar-refractivity contribution < 1.29 is 18.3 Å². The Morgan fingerprint density at radius 1 is 1.53 bits per heavy atom. The lowest BCUT2D eigenvalue weighted by Gasteiger charge is -2.12. The quantitative estimate of drug-likeness (QED) is 0.848. The number of aliphatic hydroxyl groups excluding tert-OH is 1. The molecule has 2 unspecified atom stereocenters. The normalized spacial score (nSPS) is 21.5. The molecule has 0 bridgehead atoms. The minimum Gasteiger partial charge on any atom is -0.389 e. The topological polar surface area (TPSA) is 75.6 Å². The maximum Gasteiger partial charge on any atom is 0.240 e. The molecular weight excluding hydrogens is 266 g/mol. The first-order valence-electron chi connectivity index (χ1n) is 6.34. The summed E-state index contributed by atoms with van der Waals surface area (Å²) in [6, 6.07) is 6.36. The highest BCUT2D eigenvalue weighted by atomic mass is 32.2. The van der Waals surface area contributed by atoms with Gasteiger partial charge in [-0.05, 0) is 37.0 Å². The van der Waals surface area contributed by atoms with Crippen molar-refractivity contribution >= 4 is 10.0 Å². The Labute approximate surface area is 113 Å². The molecule has 1 heterocycles. The van der Waals surface area contributed by atoms with Crippen molar-refractivity contribution in [1.82, 2.24) is 4.72 Å². The maximum absolute atomic E-state index is 12.1. The van der Waals surface area contributed by atoms with Gasteiger partial charge in [-0.3, -0.25) is 0 Å². The van der Waals surface area contributed by atoms with Crippen LogP contribution in [0.15, 0.2) is 29.2 Å². The van der Waals surface area contributed by atoms with Crippen LogP contribution in [-0.2, 0) is 14.8 Å². The fourth-order valence-electron chi connectivity index (χ4n) is 2.00. The third kappa shape index (κ3) is 3.76. The van der Waals surface area contributed by atoms with Gasteiger partial charge in [0.1, 0.15) is 0 Å². The lowest BCUT2D eigenvalue weighted by Crippen LogP contribution is -2.29. The standard InChI is InChI=1S/C13H19NO4S/c1-10(15)12-3-2-4-13(7-12)19(16,17)14-8-11-5-6-18-9-11/h2-4,7,10-11,14-15H,5-6,8-9H2,1H3. The minimum atomic E-state index is -3.52. The number of hydrogen-bond donors (Lipinski definition) is 2. The number of sulfonamides is 1. The van der Waals surface area contributed by atoms with Crippen LogP contribution >= 0.6 is 0 Å². The van der Waals surface area contributed by atoms with E-state index in [-0.39, 0.29) is 10.8 Å². The second-order valence-electron chi connectivity index (χ2n) is 4.83. The van der Waals surface area contributed by atoms with Gasteiger partial charge in [-0.2, -0.15) is 0 Å². The Kier molecular flexibility index (Phi) is 4.57. The molecule has 6 heteroatoms. The first-order chi connectivity index (χ1) is 8.99. The molecule has 1 aliphatic heterocycles. The van der Waals surface area contributed by atoms with Gasteiger partial charge >= 0.3 is 0 Å². The molecule has 0 aromatic heterocycles. The van der Waals surface area contributed by atoms with Crippen LogP contribution in [0.5, 0.6) is 0 Å². The zero-order valence-electron chi connectivity index (χ0n) is 10.9. The van der Waals surface area contributed by atoms with Crippen LogP contribution in [0.3, 0.4) is 0 Å². The van der Waals surface area contributed by atoms with Crippen molar-refractivity contribution in [1.29, 1.82) is 0 Å². The van der Waals surface area contributed by atoms with Gasteiger partial charge in [0.05, 0.1) is 17.6 Å². The average Bonchev–Trinajstić information content (AvgIpc) is 2.90. The molecule has 1 aliphatic rings. The fraction of sp³-hybridized carbons (Fsp3) is 0.538. The van der Waals surface area contributed by atoms with Crippen LogP contribution in [0.2, 0.25) is 0 Å². The maximum atomic E-state index is 12.1. The molecule has 0 spiro atoms. The van der Waals surface area contributed by atoms with Gasteiger partial charge < -0.3 is 9.84 Å². The molecule has 2 rings (SSSR count). The largest absolute Gasteiger partial charge is 0.389 e. The summed E-state index contributed by atoms with van der Waals surface area (Å²) in [4.78, 5) is 0.185. The van der Waals surface area contributed by atoms with Gasteiger partial charge in [0.2, 0.25) is 10.0 Å². The summed E-state index contributed by atoms with van der Waals surface area (Å²) >= 11 is 0. The smallest absolute Gasteiger partial charge is 0.240 e. The molecular formula is C13H19NO4S. The van der Waals surface area contributed by atoms with Crippen LogP contribution in [0.4, 0.5) is 0 Å². The van der Waals surface area contributed by atoms with Crippen molar-refractivity contribution in [2.45, 2.75) is 24.3 Å². The van der Waals surface area contributed by atoms with E-state index in [0.29, 0.717) is 25.3 Å². The van der Waals surface area contributed by atoms with Gasteiger partial charge in [0, 0.05) is 13.2 Å². The lowest BCUT2D eigenvalue weighted by atomic mass is 10.1. The highest BCUT2D eigenvalue weighted by Crippen LogP contribution is 2.18. The van der Waals surface area contributed by atoms with Gasteiger partial charge in [-0.15, -0.1) is 0 Å². The van der Waals surface area contributed by atoms with Gasteiger partial charge in [0.15, 0.2) is 0 Å². The van der Waals surface area contributed by atoms with E-state index >= 15 is 0 Å². The molecule has 5 nitrogen and oxygen atoms in total. The van der Waals surface area contributed by atoms with Crippen molar-refractivity contribution in [2.24, 2.45) is 5.92 Å². The second kappa shape index (κ2) is 6.00. The number of rotatable bonds is 5. The second-order valence-corrected chi connectivity index (χ2v) is 6.60. The van der Waals surface area contributed by atoms with Crippen molar-refractivity contribution in [3.8, 4) is 0 Å². The third-order valence-electron chi connectivity index (χ3n) is 3.24. The highest BCUT2D eigenvalue weighted by molar-refractivity contribution is 7.89. The predicted octanol–water partition coefficient (Wildman–Crippen LogP) is 1.05. The van der Waals surface area contributed by atoms with Gasteiger partial charge in [0.25, 0.3) is 0 Å². The Morgan fingerprint density at radius 2 is 2.32 bits per heavy atom. The van der Waals surface area contributed by atoms with Crippen LogP contribution in [0.1, 0.15) is 25.0 Å². The Morgan fingerprint density at radius 3 is 2.95 bits per heavy atom. The summed E-state index contributed by atoms with van der Waals surface area (Å²) in [6.07, 6.45) is 0.203. The van der Waals surface area contributed by atoms with Crippen LogP contribution in [0.25, 0.3) is 0 Å². The minimum absolute atomic E-state index is 0.185. The molecule has 19 heavy (non-hydrogen) atoms. The van der Waals surface area contributed by atoms with E-state index in [0.717, 1.165) is 6.42 Å². The zero-order valence-corrected chi connectivity index (χ0v) is 11.7. The van der Waals surface area contributed by atoms with E-state index in [2.05, 4.69) is 4.72 Å². The molecule has 1 aromatic rings. The first kappa shape index (κ1) is 14.5. The van der Waals surface area contributed by atoms with Crippen LogP contribution in [-0.4, -0.2) is 33.3 Å². The number of aliphatic hydroxyl groups is 1. The number of ether oxygens (including phenoxy) is 1. The van der Waals surface area contributed by atoms with Gasteiger partial charge in [-0.25, -0.2) is 13.1 Å². The molecule has 1 fully saturated rings. The van der Waals surface area contributed by atoms with E-state index in [9.17, 15) is 13.5 Å². The fourth-order valence-corrected chi connectivity index (χ4v) is 3.17. The molecule has 0 amide bonds. The number of hydrogen-bond acceptors (Lipinski definition) is 4. The molecule has 106 valence electrons. The van der Waals surface area contributed by atoms with E-state index in [1.807, 2.05) is 0 Å². The van der Waals surface area contributed by atoms with Crippen LogP contribution in [0, 0.1) is 5.92 Å². The average molecular weight is 285 g/mol. The highest BCUT2D eigenvalue weighted by Gasteiger charge is 2.20. The summed E-state index contributed by atoms with van der Waals surface area (Å²) in [6.45, 7) is 3.30. The molecule has 0 radical (unpaired) electrons. The van der Waals surface area contributed by atoms with Crippen molar-refractivity contribution in [3.05, 3.63) is 29.8 Å². The van der Waals surface area contributed by atoms with E-state index < -0.39 is 16.1 Å². The molecule has 1 aromatic carbocycles. The summed E-state index contributed by atoms with van der Waals surface area (Å²) in [7, 11) is -3.52. The number of benzene rings is 1. The van der Waals surface area contributed by atoms with Crippen LogP contribution < -0.4 is 4.72 Å². The molecule has 0 aliphatic carbocycles. The molecule has 2 atom stereocenters. The van der Waals surface area contributed by atoms with E-state index in [1.54, 1.807) is 19.1 Å². The SMILES string of the molecule is CC(O)c1cccc(S(=O)(=O)NCC2CCOC2)c1. The third-order valence-corrected chi connectivity index (χ3v) is 4.66. The monoisotopic (exact) mass is 285 g/mol. The first-order valence-corrected chi connectivity index (χ1v) is 7.83. The molecule has 2 N–H and O–H groups in total. The van der Waals surface area contributed by atoms with E-state index in [4.69, 9.17) is 4.74 Å². The van der Waals surface area contributed by atoms with Crippen molar-refractivity contribution in [3.63, 3.8) is 0 Å². The van der Waals surface area contributed by atoms with Crippen molar-refractivity contribution in [2.75, 3.05) is 19.8 Å². The number of nitrogens with one attached hydrogen (secondary N) is 1. The Hall–Kier alpha value is -0.950. The molecule has 0 saturated carbocycles. The van der Waals surface area contributed by atoms with E-state index in [1.165, 1.54) is 12.1 Å². The molecule has 1 saturated heterocycles. The Balaban J connectivity index is 2.07. The summed E-state index contributed by atoms with van der Waals surface area (Å²) in [5, 5.41) is 9.48. The summed E-state index contributed by atoms with van der Waals surface area (Å²) in [5.41, 5.74) is 0.590. The predicted molar refractivity (Wildman–Crippen MR) is 71.2 cm³/mol. The summed E-state index contributed by atoms with van der Waals surface area (Å²) in [5.74, 6) is 0.245. The zero-order chi connectivity index (χ0) is 13.9. The summed E-state index contributed by atoms with van der Waals surface area (Å²) < 4.78 is 32.1. The van der Waals surface area contributed by atoms with Gasteiger partial charge in [-0.1, -0.05) is 12.1 Å².